The van der Waals surface area contributed by atoms with E-state index in [1.165, 1.54) is 0 Å². The van der Waals surface area contributed by atoms with Crippen molar-refractivity contribution >= 4 is 46.0 Å². The molecular formula is C27H30O6SSeSi. The number of carbonyl (C=O) groups excluding carboxylic acids is 1. The minimum absolute atomic E-state index is 0.125. The first-order valence-corrected chi connectivity index (χ1v) is 15.5. The molecule has 0 N–H and O–H groups in total. The Hall–Kier alpha value is -2.26. The maximum atomic E-state index is 14.4. The fraction of sp³-hybridized carbons (Fsp3) is 0.296. The Balaban J connectivity index is 2.14. The van der Waals surface area contributed by atoms with Gasteiger partial charge in [0.2, 0.25) is 0 Å². The van der Waals surface area contributed by atoms with Crippen LogP contribution < -0.4 is 4.46 Å². The van der Waals surface area contributed by atoms with Gasteiger partial charge in [-0.15, -0.1) is 0 Å². The van der Waals surface area contributed by atoms with E-state index >= 15 is 0 Å². The van der Waals surface area contributed by atoms with Crippen LogP contribution in [-0.4, -0.2) is 45.4 Å². The van der Waals surface area contributed by atoms with E-state index in [9.17, 15) is 13.2 Å². The van der Waals surface area contributed by atoms with Crippen LogP contribution in [0.4, 0.5) is 0 Å². The molecule has 1 heterocycles. The summed E-state index contributed by atoms with van der Waals surface area (Å²) in [5.41, 5.74) is -1.98. The molecule has 3 aromatic carbocycles. The molecular weight excluding hydrogens is 559 g/mol. The summed E-state index contributed by atoms with van der Waals surface area (Å²) in [4.78, 5) is 11.8. The van der Waals surface area contributed by atoms with Crippen molar-refractivity contribution in [3.8, 4) is 0 Å². The van der Waals surface area contributed by atoms with Crippen molar-refractivity contribution in [1.29, 1.82) is 0 Å². The van der Waals surface area contributed by atoms with Gasteiger partial charge >= 0.3 is 223 Å². The molecule has 4 rings (SSSR count). The Morgan fingerprint density at radius 2 is 1.31 bits per heavy atom. The quantitative estimate of drug-likeness (QED) is 0.240. The molecule has 0 bridgehead atoms. The predicted molar refractivity (Wildman–Crippen MR) is 143 cm³/mol. The summed E-state index contributed by atoms with van der Waals surface area (Å²) in [5.74, 6) is -0.643. The molecule has 3 atom stereocenters. The molecule has 1 saturated heterocycles. The predicted octanol–water partition coefficient (Wildman–Crippen LogP) is 2.94. The van der Waals surface area contributed by atoms with Gasteiger partial charge in [0, 0.05) is 0 Å². The van der Waals surface area contributed by atoms with E-state index in [1.54, 1.807) is 70.2 Å². The number of esters is 1. The second kappa shape index (κ2) is 9.56. The van der Waals surface area contributed by atoms with E-state index in [0.29, 0.717) is 5.56 Å². The van der Waals surface area contributed by atoms with E-state index in [-0.39, 0.29) is 16.0 Å². The maximum absolute atomic E-state index is 14.4. The number of cyclic esters (lactones) is 1. The third-order valence-corrected chi connectivity index (χ3v) is 11.7. The first kappa shape index (κ1) is 26.8. The van der Waals surface area contributed by atoms with Gasteiger partial charge in [0.25, 0.3) is 0 Å². The zero-order valence-corrected chi connectivity index (χ0v) is 25.5. The number of hydrogen-bond donors (Lipinski definition) is 0. The summed E-state index contributed by atoms with van der Waals surface area (Å²) in [7, 11) is -4.51. The Morgan fingerprint density at radius 1 is 0.833 bits per heavy atom. The van der Waals surface area contributed by atoms with Crippen LogP contribution in [0.2, 0.25) is 4.31 Å². The number of hydrogen-bond acceptors (Lipinski definition) is 6. The third kappa shape index (κ3) is 4.08. The molecule has 3 aromatic rings. The molecule has 1 aliphatic heterocycles. The molecule has 36 heavy (non-hydrogen) atoms. The molecule has 2 unspecified atom stereocenters. The van der Waals surface area contributed by atoms with Crippen LogP contribution in [0.1, 0.15) is 38.8 Å². The Bertz CT molecular complexity index is 1330. The van der Waals surface area contributed by atoms with E-state index < -0.39 is 51.5 Å². The van der Waals surface area contributed by atoms with Crippen LogP contribution >= 0.6 is 0 Å². The third-order valence-electron chi connectivity index (χ3n) is 6.18. The monoisotopic (exact) mass is 590 g/mol. The van der Waals surface area contributed by atoms with Gasteiger partial charge in [-0.05, 0) is 0 Å². The van der Waals surface area contributed by atoms with Gasteiger partial charge < -0.3 is 0 Å². The molecule has 0 amide bonds. The van der Waals surface area contributed by atoms with Gasteiger partial charge in [-0.1, -0.05) is 0 Å². The van der Waals surface area contributed by atoms with Gasteiger partial charge in [0.1, 0.15) is 0 Å². The fourth-order valence-corrected chi connectivity index (χ4v) is 11.4. The van der Waals surface area contributed by atoms with E-state index in [0.717, 1.165) is 4.46 Å². The van der Waals surface area contributed by atoms with Gasteiger partial charge in [0.05, 0.1) is 0 Å². The van der Waals surface area contributed by atoms with Crippen LogP contribution in [0.3, 0.4) is 0 Å². The van der Waals surface area contributed by atoms with Crippen LogP contribution in [0, 0.1) is 0 Å². The summed E-state index contributed by atoms with van der Waals surface area (Å²) in [6, 6.07) is 27.1. The fourth-order valence-electron chi connectivity index (χ4n) is 4.86. The Morgan fingerprint density at radius 3 is 1.78 bits per heavy atom. The van der Waals surface area contributed by atoms with Crippen molar-refractivity contribution < 1.29 is 26.6 Å². The zero-order valence-electron chi connectivity index (χ0n) is 20.9. The summed E-state index contributed by atoms with van der Waals surface area (Å²) >= 11 is -0.570. The molecule has 6 nitrogen and oxygen atoms in total. The number of rotatable bonds is 7. The molecule has 9 heteroatoms. The minimum atomic E-state index is -4.63. The first-order valence-electron chi connectivity index (χ1n) is 11.5. The van der Waals surface area contributed by atoms with Crippen LogP contribution in [-0.2, 0) is 38.8 Å². The molecule has 1 fully saturated rings. The average Bonchev–Trinajstić information content (AvgIpc) is 3.04. The van der Waals surface area contributed by atoms with Gasteiger partial charge in [0.15, 0.2) is 0 Å². The molecule has 0 aromatic heterocycles. The second-order valence-electron chi connectivity index (χ2n) is 9.72. The zero-order chi connectivity index (χ0) is 26.2. The molecule has 0 saturated carbocycles. The standard InChI is InChI=1S/C27H30O6SSeSi/c1-24(2,3)32-34(29,30)27(21-16-10-6-11-17-21)26(33-36,20-14-8-5-9-15-20)25(4,23(28)31-27)35-22-18-12-7-13-19-22/h5-19H,1-4,36H3/t25-,26?,27?/m1/s1. The van der Waals surface area contributed by atoms with Gasteiger partial charge in [-0.25, -0.2) is 0 Å². The van der Waals surface area contributed by atoms with Gasteiger partial charge in [-0.2, -0.15) is 0 Å². The van der Waals surface area contributed by atoms with Crippen molar-refractivity contribution in [3.05, 3.63) is 102 Å². The molecule has 0 spiro atoms. The summed E-state index contributed by atoms with van der Waals surface area (Å²) in [6.45, 7) is 6.71. The van der Waals surface area contributed by atoms with E-state index in [1.807, 2.05) is 48.5 Å². The normalized spacial score (nSPS) is 26.6. The second-order valence-corrected chi connectivity index (χ2v) is 14.9. The number of benzene rings is 3. The number of carbonyl (C=O) groups is 1. The molecule has 190 valence electrons. The van der Waals surface area contributed by atoms with Gasteiger partial charge in [-0.3, -0.25) is 0 Å². The first-order chi connectivity index (χ1) is 16.9. The molecule has 0 aliphatic carbocycles. The van der Waals surface area contributed by atoms with E-state index in [4.69, 9.17) is 13.3 Å². The molecule has 1 aliphatic rings. The summed E-state index contributed by atoms with van der Waals surface area (Å²) in [6.07, 6.45) is 0. The molecule has 0 radical (unpaired) electrons. The van der Waals surface area contributed by atoms with Crippen LogP contribution in [0.15, 0.2) is 91.0 Å². The Labute approximate surface area is 222 Å². The van der Waals surface area contributed by atoms with Crippen LogP contribution in [0.25, 0.3) is 0 Å². The Kier molecular flexibility index (Phi) is 7.11. The van der Waals surface area contributed by atoms with Crippen molar-refractivity contribution in [1.82, 2.24) is 0 Å². The van der Waals surface area contributed by atoms with Crippen molar-refractivity contribution in [2.75, 3.05) is 0 Å². The SMILES string of the molecule is CC(C)(C)OS(=O)(=O)C1(c2ccccc2)OC(=O)[C@@](C)([Se]c2ccccc2)C1(O[SiH3])c1ccccc1. The van der Waals surface area contributed by atoms with Crippen molar-refractivity contribution in [2.24, 2.45) is 0 Å². The topological polar surface area (TPSA) is 78.9 Å². The van der Waals surface area contributed by atoms with E-state index in [2.05, 4.69) is 0 Å². The summed E-state index contributed by atoms with van der Waals surface area (Å²) in [5, 5.41) is 0. The summed E-state index contributed by atoms with van der Waals surface area (Å²) < 4.78 is 46.9. The average molecular weight is 590 g/mol. The number of ether oxygens (including phenoxy) is 1. The van der Waals surface area contributed by atoms with Crippen molar-refractivity contribution in [3.63, 3.8) is 0 Å². The van der Waals surface area contributed by atoms with Crippen LogP contribution in [0.5, 0.6) is 0 Å². The van der Waals surface area contributed by atoms with Crippen molar-refractivity contribution in [2.45, 2.75) is 48.1 Å².